The number of hydrogen-bond donors (Lipinski definition) is 4. The number of aromatic hydroxyl groups is 3. The number of phenols is 3. The maximum absolute atomic E-state index is 10.9. The van der Waals surface area contributed by atoms with E-state index in [-0.39, 0.29) is 22.6 Å². The van der Waals surface area contributed by atoms with Gasteiger partial charge in [-0.15, -0.1) is 0 Å². The molecule has 0 aromatic heterocycles. The summed E-state index contributed by atoms with van der Waals surface area (Å²) in [5.41, 5.74) is -0.00922. The number of rotatable bonds is 2. The number of carbonyl (C=O) groups is 1. The van der Waals surface area contributed by atoms with Gasteiger partial charge in [0.05, 0.1) is 5.56 Å². The average Bonchev–Trinajstić information content (AvgIpc) is 2.28. The predicted octanol–water partition coefficient (Wildman–Crippen LogP) is 2.17. The Balaban J connectivity index is 2.70. The van der Waals surface area contributed by atoms with Gasteiger partial charge in [-0.3, -0.25) is 0 Å². The minimum Gasteiger partial charge on any atom is -0.508 e. The van der Waals surface area contributed by atoms with Crippen LogP contribution in [0.2, 0.25) is 0 Å². The van der Waals surface area contributed by atoms with E-state index in [9.17, 15) is 20.1 Å². The molecule has 0 fully saturated rings. The Kier molecular flexibility index (Phi) is 2.81. The van der Waals surface area contributed by atoms with Crippen molar-refractivity contribution < 1.29 is 25.2 Å². The van der Waals surface area contributed by atoms with Gasteiger partial charge in [0.1, 0.15) is 22.8 Å². The lowest BCUT2D eigenvalue weighted by Crippen LogP contribution is -1.97. The van der Waals surface area contributed by atoms with Crippen molar-refractivity contribution in [2.75, 3.05) is 0 Å². The van der Waals surface area contributed by atoms with Crippen LogP contribution in [0.5, 0.6) is 17.2 Å². The van der Waals surface area contributed by atoms with Crippen LogP contribution in [0.4, 0.5) is 0 Å². The molecule has 2 aromatic rings. The molecule has 5 heteroatoms. The molecule has 0 aliphatic rings. The molecule has 0 saturated heterocycles. The van der Waals surface area contributed by atoms with Gasteiger partial charge in [-0.2, -0.15) is 0 Å². The highest BCUT2D eigenvalue weighted by Gasteiger charge is 2.18. The molecule has 18 heavy (non-hydrogen) atoms. The zero-order chi connectivity index (χ0) is 13.3. The van der Waals surface area contributed by atoms with E-state index in [1.807, 2.05) is 0 Å². The first kappa shape index (κ1) is 11.8. The van der Waals surface area contributed by atoms with Gasteiger partial charge in [0, 0.05) is 0 Å². The van der Waals surface area contributed by atoms with Crippen molar-refractivity contribution in [3.05, 3.63) is 42.0 Å². The minimum atomic E-state index is -1.30. The molecular weight excluding hydrogens is 236 g/mol. The van der Waals surface area contributed by atoms with Crippen molar-refractivity contribution in [1.82, 2.24) is 0 Å². The van der Waals surface area contributed by atoms with E-state index >= 15 is 0 Å². The second-order valence-corrected chi connectivity index (χ2v) is 3.71. The Morgan fingerprint density at radius 1 is 1.00 bits per heavy atom. The van der Waals surface area contributed by atoms with E-state index in [2.05, 4.69) is 0 Å². The largest absolute Gasteiger partial charge is 0.508 e. The molecule has 92 valence electrons. The molecule has 0 aliphatic heterocycles. The Morgan fingerprint density at radius 3 is 2.33 bits per heavy atom. The summed E-state index contributed by atoms with van der Waals surface area (Å²) in [6.45, 7) is 0. The van der Waals surface area contributed by atoms with Crippen LogP contribution in [-0.4, -0.2) is 26.4 Å². The Hall–Kier alpha value is -2.69. The zero-order valence-corrected chi connectivity index (χ0v) is 9.16. The third-order valence-corrected chi connectivity index (χ3v) is 2.52. The highest BCUT2D eigenvalue weighted by molar-refractivity contribution is 5.95. The van der Waals surface area contributed by atoms with Crippen molar-refractivity contribution in [3.8, 4) is 28.4 Å². The van der Waals surface area contributed by atoms with Crippen LogP contribution in [0.1, 0.15) is 10.4 Å². The van der Waals surface area contributed by atoms with Crippen molar-refractivity contribution in [2.45, 2.75) is 0 Å². The van der Waals surface area contributed by atoms with Crippen molar-refractivity contribution in [3.63, 3.8) is 0 Å². The first-order valence-electron chi connectivity index (χ1n) is 5.08. The zero-order valence-electron chi connectivity index (χ0n) is 9.16. The monoisotopic (exact) mass is 246 g/mol. The van der Waals surface area contributed by atoms with E-state index in [1.165, 1.54) is 24.3 Å². The summed E-state index contributed by atoms with van der Waals surface area (Å²) < 4.78 is 0. The minimum absolute atomic E-state index is 0.0224. The van der Waals surface area contributed by atoms with Crippen LogP contribution in [-0.2, 0) is 0 Å². The predicted molar refractivity (Wildman–Crippen MR) is 63.8 cm³/mol. The summed E-state index contributed by atoms with van der Waals surface area (Å²) in [4.78, 5) is 10.9. The summed E-state index contributed by atoms with van der Waals surface area (Å²) in [5.74, 6) is -2.14. The summed E-state index contributed by atoms with van der Waals surface area (Å²) in [6, 6.07) is 8.11. The summed E-state index contributed by atoms with van der Waals surface area (Å²) in [5, 5.41) is 37.8. The number of carboxylic acids is 1. The number of carboxylic acid groups (broad SMARTS) is 1. The molecule has 0 atom stereocenters. The van der Waals surface area contributed by atoms with E-state index in [0.717, 1.165) is 6.07 Å². The molecule has 2 aromatic carbocycles. The number of benzene rings is 2. The summed E-state index contributed by atoms with van der Waals surface area (Å²) in [7, 11) is 0. The third kappa shape index (κ3) is 1.93. The van der Waals surface area contributed by atoms with Gasteiger partial charge in [-0.05, 0) is 29.8 Å². The number of hydrogen-bond acceptors (Lipinski definition) is 4. The van der Waals surface area contributed by atoms with Gasteiger partial charge < -0.3 is 20.4 Å². The first-order valence-corrected chi connectivity index (χ1v) is 5.08. The highest BCUT2D eigenvalue weighted by atomic mass is 16.4. The lowest BCUT2D eigenvalue weighted by atomic mass is 10.00. The maximum atomic E-state index is 10.9. The molecule has 0 radical (unpaired) electrons. The van der Waals surface area contributed by atoms with Crippen LogP contribution in [0, 0.1) is 0 Å². The van der Waals surface area contributed by atoms with Gasteiger partial charge in [0.2, 0.25) is 0 Å². The van der Waals surface area contributed by atoms with E-state index in [0.29, 0.717) is 5.56 Å². The molecular formula is C13H10O5. The molecule has 0 saturated carbocycles. The lowest BCUT2D eigenvalue weighted by molar-refractivity contribution is 0.0694. The molecule has 0 bridgehead atoms. The van der Waals surface area contributed by atoms with Gasteiger partial charge in [0.15, 0.2) is 0 Å². The van der Waals surface area contributed by atoms with Crippen LogP contribution >= 0.6 is 0 Å². The summed E-state index contributed by atoms with van der Waals surface area (Å²) >= 11 is 0. The fourth-order valence-corrected chi connectivity index (χ4v) is 1.70. The second kappa shape index (κ2) is 4.29. The molecule has 0 amide bonds. The molecule has 0 aliphatic carbocycles. The molecule has 4 N–H and O–H groups in total. The van der Waals surface area contributed by atoms with Crippen LogP contribution in [0.25, 0.3) is 11.1 Å². The maximum Gasteiger partial charge on any atom is 0.339 e. The average molecular weight is 246 g/mol. The quantitative estimate of drug-likeness (QED) is 0.651. The topological polar surface area (TPSA) is 98.0 Å². The van der Waals surface area contributed by atoms with Crippen LogP contribution in [0.15, 0.2) is 36.4 Å². The van der Waals surface area contributed by atoms with Gasteiger partial charge in [0.25, 0.3) is 0 Å². The molecule has 0 spiro atoms. The van der Waals surface area contributed by atoms with Crippen molar-refractivity contribution in [1.29, 1.82) is 0 Å². The number of aromatic carboxylic acids is 1. The highest BCUT2D eigenvalue weighted by Crippen LogP contribution is 2.40. The Bertz CT molecular complexity index is 619. The van der Waals surface area contributed by atoms with Crippen molar-refractivity contribution >= 4 is 5.97 Å². The summed E-state index contributed by atoms with van der Waals surface area (Å²) in [6.07, 6.45) is 0. The lowest BCUT2D eigenvalue weighted by Gasteiger charge is -2.10. The van der Waals surface area contributed by atoms with Gasteiger partial charge in [-0.1, -0.05) is 12.1 Å². The van der Waals surface area contributed by atoms with Crippen molar-refractivity contribution in [2.24, 2.45) is 0 Å². The van der Waals surface area contributed by atoms with Crippen LogP contribution in [0.3, 0.4) is 0 Å². The SMILES string of the molecule is O=C(O)c1ccc(O)c(-c2cccc(O)c2)c1O. The molecule has 0 unspecified atom stereocenters. The standard InChI is InChI=1S/C13H10O5/c14-8-3-1-2-7(6-8)11-10(15)5-4-9(12(11)16)13(17)18/h1-6,14-16H,(H,17,18). The third-order valence-electron chi connectivity index (χ3n) is 2.52. The molecule has 0 heterocycles. The molecule has 2 rings (SSSR count). The first-order chi connectivity index (χ1) is 8.50. The normalized spacial score (nSPS) is 10.2. The van der Waals surface area contributed by atoms with E-state index in [4.69, 9.17) is 5.11 Å². The molecule has 5 nitrogen and oxygen atoms in total. The second-order valence-electron chi connectivity index (χ2n) is 3.71. The van der Waals surface area contributed by atoms with Gasteiger partial charge >= 0.3 is 5.97 Å². The Morgan fingerprint density at radius 2 is 1.72 bits per heavy atom. The fourth-order valence-electron chi connectivity index (χ4n) is 1.70. The Labute approximate surface area is 102 Å². The fraction of sp³-hybridized carbons (Fsp3) is 0. The number of phenolic OH excluding ortho intramolecular Hbond substituents is 2. The van der Waals surface area contributed by atoms with E-state index in [1.54, 1.807) is 6.07 Å². The van der Waals surface area contributed by atoms with E-state index < -0.39 is 11.7 Å². The van der Waals surface area contributed by atoms with Crippen LogP contribution < -0.4 is 0 Å². The van der Waals surface area contributed by atoms with Gasteiger partial charge in [-0.25, -0.2) is 4.79 Å². The smallest absolute Gasteiger partial charge is 0.339 e.